The number of benzene rings is 2. The number of hydrogen-bond donors (Lipinski definition) is 6. The number of hydrazine groups is 2. The number of carboxylic acid groups (broad SMARTS) is 1. The molecule has 0 bridgehead atoms. The van der Waals surface area contributed by atoms with Gasteiger partial charge in [-0.25, -0.2) is 5.53 Å². The molecule has 0 fully saturated rings. The Bertz CT molecular complexity index is 934. The fourth-order valence-electron chi connectivity index (χ4n) is 3.03. The van der Waals surface area contributed by atoms with Crippen LogP contribution >= 0.6 is 11.6 Å². The van der Waals surface area contributed by atoms with Gasteiger partial charge in [-0.3, -0.25) is 25.6 Å². The molecule has 0 radical (unpaired) electrons. The van der Waals surface area contributed by atoms with Gasteiger partial charge in [-0.1, -0.05) is 54.9 Å². The van der Waals surface area contributed by atoms with E-state index >= 15 is 0 Å². The zero-order valence-electron chi connectivity index (χ0n) is 16.3. The number of carbonyl (C=O) groups excluding carboxylic acids is 1. The summed E-state index contributed by atoms with van der Waals surface area (Å²) in [5.41, 5.74) is 10.5. The van der Waals surface area contributed by atoms with Gasteiger partial charge in [-0.05, 0) is 41.7 Å². The molecular weight excluding hydrogens is 408 g/mol. The molecule has 0 saturated heterocycles. The van der Waals surface area contributed by atoms with Crippen molar-refractivity contribution in [3.05, 3.63) is 59.1 Å². The van der Waals surface area contributed by atoms with E-state index in [-0.39, 0.29) is 5.96 Å². The second-order valence-corrected chi connectivity index (χ2v) is 7.18. The van der Waals surface area contributed by atoms with Crippen molar-refractivity contribution >= 4 is 29.4 Å². The standard InChI is InChI=1S/C20H23ClN6O3/c1-2-16(19(29)30)22-17(18(28)23-20-24-26-27-25-20)10-12-6-8-13(9-7-12)14-4-3-5-15(21)11-14/h3-9,11,16-17,22,26-27H,2,10H2,1H3,(H,29,30)(H2,23,24,25,28)/t16-,17?/m0/s1. The van der Waals surface area contributed by atoms with E-state index in [4.69, 9.17) is 11.6 Å². The van der Waals surface area contributed by atoms with Gasteiger partial charge in [0.2, 0.25) is 11.9 Å². The summed E-state index contributed by atoms with van der Waals surface area (Å²) in [5.74, 6) is -1.21. The lowest BCUT2D eigenvalue weighted by Crippen LogP contribution is -2.54. The summed E-state index contributed by atoms with van der Waals surface area (Å²) >= 11 is 6.06. The number of hydrogen-bond acceptors (Lipinski definition) is 7. The average molecular weight is 431 g/mol. The highest BCUT2D eigenvalue weighted by atomic mass is 35.5. The summed E-state index contributed by atoms with van der Waals surface area (Å²) in [7, 11) is 0. The molecule has 0 aromatic heterocycles. The van der Waals surface area contributed by atoms with Crippen LogP contribution in [0.5, 0.6) is 0 Å². The van der Waals surface area contributed by atoms with Crippen molar-refractivity contribution in [1.82, 2.24) is 27.1 Å². The third kappa shape index (κ3) is 5.69. The number of hydrazone groups is 1. The van der Waals surface area contributed by atoms with Gasteiger partial charge in [0.1, 0.15) is 6.04 Å². The maximum absolute atomic E-state index is 12.7. The summed E-state index contributed by atoms with van der Waals surface area (Å²) in [6.07, 6.45) is 0.648. The van der Waals surface area contributed by atoms with Gasteiger partial charge in [0.15, 0.2) is 0 Å². The molecule has 30 heavy (non-hydrogen) atoms. The van der Waals surface area contributed by atoms with Gasteiger partial charge in [0.05, 0.1) is 6.04 Å². The smallest absolute Gasteiger partial charge is 0.320 e. The van der Waals surface area contributed by atoms with E-state index in [9.17, 15) is 14.7 Å². The molecule has 0 aliphatic carbocycles. The van der Waals surface area contributed by atoms with Crippen LogP contribution in [0.1, 0.15) is 18.9 Å². The van der Waals surface area contributed by atoms with Crippen LogP contribution in [0.4, 0.5) is 0 Å². The van der Waals surface area contributed by atoms with Crippen molar-refractivity contribution in [3.63, 3.8) is 0 Å². The lowest BCUT2D eigenvalue weighted by molar-refractivity contribution is -0.140. The van der Waals surface area contributed by atoms with E-state index in [1.807, 2.05) is 48.5 Å². The Kier molecular flexibility index (Phi) is 7.23. The van der Waals surface area contributed by atoms with Crippen LogP contribution in [0.3, 0.4) is 0 Å². The number of carboxylic acids is 1. The Hall–Kier alpha value is -3.14. The Labute approximate surface area is 178 Å². The number of aliphatic carboxylic acids is 1. The van der Waals surface area contributed by atoms with Crippen molar-refractivity contribution < 1.29 is 14.7 Å². The van der Waals surface area contributed by atoms with E-state index < -0.39 is 24.0 Å². The van der Waals surface area contributed by atoms with Crippen LogP contribution in [0, 0.1) is 0 Å². The van der Waals surface area contributed by atoms with Crippen LogP contribution in [-0.4, -0.2) is 35.0 Å². The Morgan fingerprint density at radius 3 is 2.50 bits per heavy atom. The third-order valence-corrected chi connectivity index (χ3v) is 4.86. The molecule has 158 valence electrons. The van der Waals surface area contributed by atoms with E-state index in [0.717, 1.165) is 16.7 Å². The lowest BCUT2D eigenvalue weighted by Gasteiger charge is -2.22. The molecule has 1 unspecified atom stereocenters. The van der Waals surface area contributed by atoms with E-state index in [0.29, 0.717) is 17.9 Å². The number of rotatable bonds is 8. The van der Waals surface area contributed by atoms with Gasteiger partial charge in [0.25, 0.3) is 0 Å². The maximum atomic E-state index is 12.7. The van der Waals surface area contributed by atoms with Gasteiger partial charge >= 0.3 is 5.97 Å². The molecule has 1 heterocycles. The third-order valence-electron chi connectivity index (χ3n) is 4.62. The number of amides is 1. The second kappa shape index (κ2) is 10.1. The molecule has 10 heteroatoms. The number of halogens is 1. The first-order valence-corrected chi connectivity index (χ1v) is 9.82. The van der Waals surface area contributed by atoms with Gasteiger partial charge in [-0.2, -0.15) is 0 Å². The summed E-state index contributed by atoms with van der Waals surface area (Å²) < 4.78 is 0. The number of guanidine groups is 1. The molecule has 1 amide bonds. The highest BCUT2D eigenvalue weighted by molar-refractivity contribution is 6.30. The SMILES string of the molecule is CC[C@H](NC(Cc1ccc(-c2cccc(Cl)c2)cc1)C(=O)NC1=NNNN1)C(=O)O. The zero-order valence-corrected chi connectivity index (χ0v) is 17.0. The number of carbonyl (C=O) groups is 2. The normalized spacial score (nSPS) is 14.8. The molecule has 2 aromatic carbocycles. The Morgan fingerprint density at radius 2 is 1.90 bits per heavy atom. The first-order valence-electron chi connectivity index (χ1n) is 9.44. The molecule has 2 atom stereocenters. The van der Waals surface area contributed by atoms with Crippen LogP contribution in [0.15, 0.2) is 53.6 Å². The molecular formula is C20H23ClN6O3. The van der Waals surface area contributed by atoms with Crippen molar-refractivity contribution in [2.45, 2.75) is 31.8 Å². The van der Waals surface area contributed by atoms with Crippen LogP contribution in [0.2, 0.25) is 5.02 Å². The molecule has 2 aromatic rings. The van der Waals surface area contributed by atoms with E-state index in [1.165, 1.54) is 0 Å². The zero-order chi connectivity index (χ0) is 21.5. The Morgan fingerprint density at radius 1 is 1.13 bits per heavy atom. The maximum Gasteiger partial charge on any atom is 0.320 e. The minimum Gasteiger partial charge on any atom is -0.480 e. The van der Waals surface area contributed by atoms with Crippen molar-refractivity contribution in [1.29, 1.82) is 0 Å². The fourth-order valence-corrected chi connectivity index (χ4v) is 3.22. The predicted octanol–water partition coefficient (Wildman–Crippen LogP) is 1.37. The quantitative estimate of drug-likeness (QED) is 0.373. The second-order valence-electron chi connectivity index (χ2n) is 6.74. The summed E-state index contributed by atoms with van der Waals surface area (Å²) in [6, 6.07) is 13.6. The van der Waals surface area contributed by atoms with Gasteiger partial charge in [-0.15, -0.1) is 10.6 Å². The van der Waals surface area contributed by atoms with Crippen molar-refractivity contribution in [2.75, 3.05) is 0 Å². The fraction of sp³-hybridized carbons (Fsp3) is 0.250. The molecule has 0 saturated carbocycles. The lowest BCUT2D eigenvalue weighted by atomic mass is 9.99. The highest BCUT2D eigenvalue weighted by Crippen LogP contribution is 2.23. The van der Waals surface area contributed by atoms with E-state index in [1.54, 1.807) is 6.92 Å². The number of nitrogens with one attached hydrogen (secondary N) is 5. The minimum atomic E-state index is -1.01. The van der Waals surface area contributed by atoms with Crippen LogP contribution < -0.4 is 27.1 Å². The summed E-state index contributed by atoms with van der Waals surface area (Å²) in [6.45, 7) is 1.75. The van der Waals surface area contributed by atoms with Gasteiger partial charge < -0.3 is 5.11 Å². The minimum absolute atomic E-state index is 0.200. The van der Waals surface area contributed by atoms with Crippen molar-refractivity contribution in [2.24, 2.45) is 5.10 Å². The first kappa shape index (κ1) is 21.6. The van der Waals surface area contributed by atoms with Gasteiger partial charge in [0, 0.05) is 5.02 Å². The predicted molar refractivity (Wildman–Crippen MR) is 114 cm³/mol. The molecule has 1 aliphatic rings. The average Bonchev–Trinajstić information content (AvgIpc) is 3.24. The summed E-state index contributed by atoms with van der Waals surface area (Å²) in [5, 5.41) is 19.4. The molecule has 1 aliphatic heterocycles. The molecule has 3 rings (SSSR count). The van der Waals surface area contributed by atoms with E-state index in [2.05, 4.69) is 32.2 Å². The molecule has 9 nitrogen and oxygen atoms in total. The summed E-state index contributed by atoms with van der Waals surface area (Å²) in [4.78, 5) is 24.2. The Balaban J connectivity index is 1.75. The number of nitrogens with zero attached hydrogens (tertiary/aromatic N) is 1. The topological polar surface area (TPSA) is 127 Å². The highest BCUT2D eigenvalue weighted by Gasteiger charge is 2.26. The van der Waals surface area contributed by atoms with Crippen molar-refractivity contribution in [3.8, 4) is 11.1 Å². The first-order chi connectivity index (χ1) is 14.5. The largest absolute Gasteiger partial charge is 0.480 e. The van der Waals surface area contributed by atoms with Crippen LogP contribution in [0.25, 0.3) is 11.1 Å². The monoisotopic (exact) mass is 430 g/mol. The van der Waals surface area contributed by atoms with Crippen LogP contribution in [-0.2, 0) is 16.0 Å². The molecule has 0 spiro atoms. The molecule has 6 N–H and O–H groups in total.